The number of nitrogens with zero attached hydrogens (tertiary/aromatic N) is 2. The van der Waals surface area contributed by atoms with Crippen LogP contribution in [0.4, 0.5) is 5.00 Å². The SMILES string of the molecule is Cc1csc(N2CC(S(N)(=O)=O)CC2=O)c1C#N. The van der Waals surface area contributed by atoms with Gasteiger partial charge in [-0.15, -0.1) is 11.3 Å². The van der Waals surface area contributed by atoms with E-state index in [1.807, 2.05) is 6.07 Å². The fourth-order valence-corrected chi connectivity index (χ4v) is 3.62. The molecule has 18 heavy (non-hydrogen) atoms. The van der Waals surface area contributed by atoms with Crippen molar-refractivity contribution >= 4 is 32.3 Å². The molecule has 0 radical (unpaired) electrons. The van der Waals surface area contributed by atoms with E-state index in [1.54, 1.807) is 12.3 Å². The Morgan fingerprint density at radius 1 is 1.61 bits per heavy atom. The van der Waals surface area contributed by atoms with Crippen LogP contribution >= 0.6 is 11.3 Å². The molecule has 2 heterocycles. The van der Waals surface area contributed by atoms with Gasteiger partial charge in [-0.3, -0.25) is 4.79 Å². The van der Waals surface area contributed by atoms with Gasteiger partial charge in [-0.2, -0.15) is 5.26 Å². The number of thiophene rings is 1. The Hall–Kier alpha value is -1.43. The Kier molecular flexibility index (Phi) is 3.14. The van der Waals surface area contributed by atoms with Crippen molar-refractivity contribution in [2.24, 2.45) is 5.14 Å². The van der Waals surface area contributed by atoms with Crippen molar-refractivity contribution in [3.05, 3.63) is 16.5 Å². The van der Waals surface area contributed by atoms with Crippen LogP contribution in [0.2, 0.25) is 0 Å². The molecule has 96 valence electrons. The highest BCUT2D eigenvalue weighted by Gasteiger charge is 2.38. The molecule has 0 bridgehead atoms. The number of amides is 1. The van der Waals surface area contributed by atoms with E-state index < -0.39 is 15.3 Å². The van der Waals surface area contributed by atoms with E-state index in [-0.39, 0.29) is 18.9 Å². The first-order valence-electron chi connectivity index (χ1n) is 5.14. The third-order valence-electron chi connectivity index (χ3n) is 2.87. The zero-order valence-electron chi connectivity index (χ0n) is 9.58. The van der Waals surface area contributed by atoms with Gasteiger partial charge in [0.1, 0.15) is 16.3 Å². The minimum Gasteiger partial charge on any atom is -0.301 e. The Bertz CT molecular complexity index is 642. The van der Waals surface area contributed by atoms with Crippen LogP contribution in [0.5, 0.6) is 0 Å². The first-order chi connectivity index (χ1) is 8.34. The molecule has 0 aromatic carbocycles. The van der Waals surface area contributed by atoms with Gasteiger partial charge in [0.2, 0.25) is 15.9 Å². The highest BCUT2D eigenvalue weighted by molar-refractivity contribution is 7.89. The third-order valence-corrected chi connectivity index (χ3v) is 5.23. The molecule has 0 spiro atoms. The number of primary sulfonamides is 1. The van der Waals surface area contributed by atoms with Gasteiger partial charge in [0, 0.05) is 13.0 Å². The summed E-state index contributed by atoms with van der Waals surface area (Å²) in [4.78, 5) is 13.2. The van der Waals surface area contributed by atoms with Crippen molar-refractivity contribution in [3.8, 4) is 6.07 Å². The largest absolute Gasteiger partial charge is 0.301 e. The second-order valence-electron chi connectivity index (χ2n) is 4.13. The van der Waals surface area contributed by atoms with E-state index in [9.17, 15) is 13.2 Å². The predicted molar refractivity (Wildman–Crippen MR) is 67.6 cm³/mol. The summed E-state index contributed by atoms with van der Waals surface area (Å²) < 4.78 is 22.5. The molecule has 0 aliphatic carbocycles. The normalized spacial score (nSPS) is 20.2. The van der Waals surface area contributed by atoms with Crippen LogP contribution in [-0.2, 0) is 14.8 Å². The van der Waals surface area contributed by atoms with Crippen molar-refractivity contribution in [2.45, 2.75) is 18.6 Å². The molecule has 8 heteroatoms. The van der Waals surface area contributed by atoms with Gasteiger partial charge in [-0.1, -0.05) is 0 Å². The molecule has 0 saturated carbocycles. The average Bonchev–Trinajstić information content (AvgIpc) is 2.80. The Balaban J connectivity index is 2.37. The Morgan fingerprint density at radius 3 is 2.78 bits per heavy atom. The minimum absolute atomic E-state index is 0.0201. The Morgan fingerprint density at radius 2 is 2.28 bits per heavy atom. The van der Waals surface area contributed by atoms with Crippen LogP contribution in [0.3, 0.4) is 0 Å². The Labute approximate surface area is 109 Å². The van der Waals surface area contributed by atoms with E-state index in [4.69, 9.17) is 10.4 Å². The van der Waals surface area contributed by atoms with E-state index >= 15 is 0 Å². The van der Waals surface area contributed by atoms with Gasteiger partial charge in [0.25, 0.3) is 0 Å². The van der Waals surface area contributed by atoms with Crippen molar-refractivity contribution in [2.75, 3.05) is 11.4 Å². The lowest BCUT2D eigenvalue weighted by molar-refractivity contribution is -0.117. The number of hydrogen-bond donors (Lipinski definition) is 1. The molecule has 1 saturated heterocycles. The van der Waals surface area contributed by atoms with Gasteiger partial charge in [-0.05, 0) is 17.9 Å². The molecule has 1 unspecified atom stereocenters. The van der Waals surface area contributed by atoms with Gasteiger partial charge >= 0.3 is 0 Å². The lowest BCUT2D eigenvalue weighted by Crippen LogP contribution is -2.32. The molecule has 2 N–H and O–H groups in total. The van der Waals surface area contributed by atoms with E-state index in [0.717, 1.165) is 5.56 Å². The molecule has 1 aliphatic heterocycles. The van der Waals surface area contributed by atoms with Crippen LogP contribution in [0.15, 0.2) is 5.38 Å². The number of anilines is 1. The minimum atomic E-state index is -3.73. The molecule has 6 nitrogen and oxygen atoms in total. The van der Waals surface area contributed by atoms with Crippen LogP contribution in [0.1, 0.15) is 17.5 Å². The summed E-state index contributed by atoms with van der Waals surface area (Å²) in [5.41, 5.74) is 1.20. The second kappa shape index (κ2) is 4.35. The molecule has 1 aromatic rings. The molecule has 1 atom stereocenters. The molecule has 1 aromatic heterocycles. The lowest BCUT2D eigenvalue weighted by atomic mass is 10.2. The fraction of sp³-hybridized carbons (Fsp3) is 0.400. The zero-order valence-corrected chi connectivity index (χ0v) is 11.2. The highest BCUT2D eigenvalue weighted by atomic mass is 32.2. The molecule has 2 rings (SSSR count). The van der Waals surface area contributed by atoms with Crippen LogP contribution < -0.4 is 10.0 Å². The van der Waals surface area contributed by atoms with Crippen molar-refractivity contribution in [1.82, 2.24) is 0 Å². The number of carbonyl (C=O) groups excluding carboxylic acids is 1. The number of rotatable bonds is 2. The maximum absolute atomic E-state index is 11.8. The number of nitriles is 1. The topological polar surface area (TPSA) is 104 Å². The maximum atomic E-state index is 11.8. The smallest absolute Gasteiger partial charge is 0.229 e. The number of aryl methyl sites for hydroxylation is 1. The van der Waals surface area contributed by atoms with Gasteiger partial charge in [0.15, 0.2) is 0 Å². The van der Waals surface area contributed by atoms with Crippen LogP contribution in [-0.4, -0.2) is 26.1 Å². The number of nitrogens with two attached hydrogens (primary N) is 1. The highest BCUT2D eigenvalue weighted by Crippen LogP contribution is 2.34. The summed E-state index contributed by atoms with van der Waals surface area (Å²) in [6.45, 7) is 1.79. The van der Waals surface area contributed by atoms with Crippen LogP contribution in [0, 0.1) is 18.3 Å². The number of carbonyl (C=O) groups is 1. The summed E-state index contributed by atoms with van der Waals surface area (Å²) >= 11 is 1.26. The van der Waals surface area contributed by atoms with E-state index in [1.165, 1.54) is 16.2 Å². The monoisotopic (exact) mass is 285 g/mol. The average molecular weight is 285 g/mol. The summed E-state index contributed by atoms with van der Waals surface area (Å²) in [6, 6.07) is 2.03. The van der Waals surface area contributed by atoms with Crippen LogP contribution in [0.25, 0.3) is 0 Å². The molecule has 1 amide bonds. The fourth-order valence-electron chi connectivity index (χ4n) is 1.86. The molecular weight excluding hydrogens is 274 g/mol. The summed E-state index contributed by atoms with van der Waals surface area (Å²) in [5.74, 6) is -0.313. The van der Waals surface area contributed by atoms with Crippen molar-refractivity contribution in [3.63, 3.8) is 0 Å². The maximum Gasteiger partial charge on any atom is 0.229 e. The van der Waals surface area contributed by atoms with E-state index in [2.05, 4.69) is 0 Å². The summed E-state index contributed by atoms with van der Waals surface area (Å²) in [6.07, 6.45) is -0.124. The predicted octanol–water partition coefficient (Wildman–Crippen LogP) is 0.322. The van der Waals surface area contributed by atoms with Gasteiger partial charge in [0.05, 0.1) is 5.56 Å². The number of hydrogen-bond acceptors (Lipinski definition) is 5. The zero-order chi connectivity index (χ0) is 13.5. The summed E-state index contributed by atoms with van der Waals surface area (Å²) in [7, 11) is -3.73. The standard InChI is InChI=1S/C10H11N3O3S2/c1-6-5-17-10(8(6)3-11)13-4-7(2-9(13)14)18(12,15)16/h5,7H,2,4H2,1H3,(H2,12,15,16). The van der Waals surface area contributed by atoms with Gasteiger partial charge < -0.3 is 4.90 Å². The molecule has 1 fully saturated rings. The molecular formula is C10H11N3O3S2. The first kappa shape index (κ1) is 13.0. The summed E-state index contributed by atoms with van der Waals surface area (Å²) in [5, 5.41) is 15.5. The lowest BCUT2D eigenvalue weighted by Gasteiger charge is -2.14. The van der Waals surface area contributed by atoms with Crippen molar-refractivity contribution in [1.29, 1.82) is 5.26 Å². The second-order valence-corrected chi connectivity index (χ2v) is 6.83. The molecule has 1 aliphatic rings. The van der Waals surface area contributed by atoms with Crippen molar-refractivity contribution < 1.29 is 13.2 Å². The van der Waals surface area contributed by atoms with E-state index in [0.29, 0.717) is 10.6 Å². The van der Waals surface area contributed by atoms with Gasteiger partial charge in [-0.25, -0.2) is 13.6 Å². The third kappa shape index (κ3) is 2.12. The number of sulfonamides is 1. The first-order valence-corrected chi connectivity index (χ1v) is 7.63. The quantitative estimate of drug-likeness (QED) is 0.845.